The fourth-order valence-corrected chi connectivity index (χ4v) is 5.79. The first-order valence-electron chi connectivity index (χ1n) is 9.80. The molecule has 1 amide bonds. The van der Waals surface area contributed by atoms with E-state index in [-0.39, 0.29) is 11.0 Å². The summed E-state index contributed by atoms with van der Waals surface area (Å²) in [6.07, 6.45) is 1.15. The Labute approximate surface area is 184 Å². The predicted molar refractivity (Wildman–Crippen MR) is 120 cm³/mol. The molecule has 30 heavy (non-hydrogen) atoms. The molecule has 0 bridgehead atoms. The maximum atomic E-state index is 13.1. The average molecular weight is 488 g/mol. The quantitative estimate of drug-likeness (QED) is 0.553. The lowest BCUT2D eigenvalue weighted by molar-refractivity contribution is -0.120. The van der Waals surface area contributed by atoms with Crippen molar-refractivity contribution in [3.05, 3.63) is 70.2 Å². The van der Waals surface area contributed by atoms with Crippen LogP contribution >= 0.6 is 15.9 Å². The Bertz CT molecular complexity index is 1230. The van der Waals surface area contributed by atoms with Gasteiger partial charge in [-0.05, 0) is 55.8 Å². The van der Waals surface area contributed by atoms with Crippen molar-refractivity contribution >= 4 is 42.6 Å². The van der Waals surface area contributed by atoms with Crippen molar-refractivity contribution in [1.82, 2.24) is 4.72 Å². The van der Waals surface area contributed by atoms with Crippen LogP contribution in [0, 0.1) is 0 Å². The van der Waals surface area contributed by atoms with Gasteiger partial charge in [0.2, 0.25) is 5.91 Å². The van der Waals surface area contributed by atoms with Gasteiger partial charge in [0.05, 0.1) is 16.9 Å². The number of benzene rings is 3. The van der Waals surface area contributed by atoms with Gasteiger partial charge >= 0.3 is 0 Å². The molecule has 0 aromatic heterocycles. The van der Waals surface area contributed by atoms with E-state index in [0.29, 0.717) is 24.0 Å². The third-order valence-corrected chi connectivity index (χ3v) is 7.39. The number of carbonyl (C=O) groups excluding carboxylic acids is 1. The first kappa shape index (κ1) is 20.9. The molecule has 1 aliphatic carbocycles. The van der Waals surface area contributed by atoms with Crippen molar-refractivity contribution in [1.29, 1.82) is 0 Å². The summed E-state index contributed by atoms with van der Waals surface area (Å²) in [5.41, 5.74) is 1.76. The lowest BCUT2D eigenvalue weighted by Crippen LogP contribution is -2.34. The molecule has 0 saturated heterocycles. The van der Waals surface area contributed by atoms with Crippen molar-refractivity contribution in [3.63, 3.8) is 0 Å². The molecule has 0 aliphatic heterocycles. The average Bonchev–Trinajstić information content (AvgIpc) is 3.15. The third kappa shape index (κ3) is 3.84. The third-order valence-electron chi connectivity index (χ3n) is 5.24. The highest BCUT2D eigenvalue weighted by Gasteiger charge is 2.35. The zero-order valence-corrected chi connectivity index (χ0v) is 19.1. The fourth-order valence-electron chi connectivity index (χ4n) is 3.99. The second kappa shape index (κ2) is 8.04. The molecule has 1 N–H and O–H groups in total. The summed E-state index contributed by atoms with van der Waals surface area (Å²) in [6.45, 7) is 3.84. The minimum absolute atomic E-state index is 0.0565. The summed E-state index contributed by atoms with van der Waals surface area (Å²) < 4.78 is 35.3. The topological polar surface area (TPSA) is 72.5 Å². The van der Waals surface area contributed by atoms with Gasteiger partial charge in [0, 0.05) is 15.4 Å². The van der Waals surface area contributed by atoms with Crippen LogP contribution in [0.4, 0.5) is 0 Å². The van der Waals surface area contributed by atoms with E-state index in [1.165, 1.54) is 6.07 Å². The van der Waals surface area contributed by atoms with Crippen molar-refractivity contribution in [2.75, 3.05) is 0 Å². The van der Waals surface area contributed by atoms with Gasteiger partial charge in [0.15, 0.2) is 0 Å². The van der Waals surface area contributed by atoms with Crippen LogP contribution < -0.4 is 9.46 Å². The number of rotatable bonds is 5. The Morgan fingerprint density at radius 3 is 2.60 bits per heavy atom. The zero-order chi connectivity index (χ0) is 21.5. The molecule has 1 unspecified atom stereocenters. The van der Waals surface area contributed by atoms with Crippen LogP contribution in [0.3, 0.4) is 0 Å². The SMILES string of the molecule is CC(C)Oc1ccc(Br)c2c1C(C(=O)NS(=O)(=O)c1cccc3ccccc13)CC2. The maximum Gasteiger partial charge on any atom is 0.264 e. The fraction of sp³-hybridized carbons (Fsp3) is 0.261. The molecule has 3 aromatic rings. The second-order valence-electron chi connectivity index (χ2n) is 7.64. The Morgan fingerprint density at radius 1 is 1.10 bits per heavy atom. The van der Waals surface area contributed by atoms with E-state index in [9.17, 15) is 13.2 Å². The largest absolute Gasteiger partial charge is 0.491 e. The molecule has 7 heteroatoms. The molecule has 0 spiro atoms. The molecule has 3 aromatic carbocycles. The van der Waals surface area contributed by atoms with E-state index in [4.69, 9.17) is 4.74 Å². The van der Waals surface area contributed by atoms with Crippen LogP contribution in [0.5, 0.6) is 5.75 Å². The van der Waals surface area contributed by atoms with Crippen LogP contribution in [0.25, 0.3) is 10.8 Å². The summed E-state index contributed by atoms with van der Waals surface area (Å²) in [7, 11) is -4.02. The molecule has 5 nitrogen and oxygen atoms in total. The van der Waals surface area contributed by atoms with E-state index in [2.05, 4.69) is 20.7 Å². The van der Waals surface area contributed by atoms with Crippen molar-refractivity contribution in [2.45, 2.75) is 43.6 Å². The first-order chi connectivity index (χ1) is 14.3. The van der Waals surface area contributed by atoms with Gasteiger partial charge in [0.1, 0.15) is 5.75 Å². The molecule has 4 rings (SSSR count). The number of halogens is 1. The van der Waals surface area contributed by atoms with Gasteiger partial charge in [-0.25, -0.2) is 13.1 Å². The first-order valence-corrected chi connectivity index (χ1v) is 12.1. The summed E-state index contributed by atoms with van der Waals surface area (Å²) in [5, 5.41) is 1.38. The molecule has 1 aliphatic rings. The minimum atomic E-state index is -4.02. The van der Waals surface area contributed by atoms with Crippen LogP contribution in [0.1, 0.15) is 37.3 Å². The van der Waals surface area contributed by atoms with Crippen molar-refractivity contribution < 1.29 is 17.9 Å². The zero-order valence-electron chi connectivity index (χ0n) is 16.7. The highest BCUT2D eigenvalue weighted by Crippen LogP contribution is 2.43. The molecule has 0 heterocycles. The van der Waals surface area contributed by atoms with Crippen LogP contribution in [0.2, 0.25) is 0 Å². The highest BCUT2D eigenvalue weighted by atomic mass is 79.9. The smallest absolute Gasteiger partial charge is 0.264 e. The molecular weight excluding hydrogens is 466 g/mol. The molecular formula is C23H22BrNO4S. The monoisotopic (exact) mass is 487 g/mol. The lowest BCUT2D eigenvalue weighted by Gasteiger charge is -2.19. The second-order valence-corrected chi connectivity index (χ2v) is 10.1. The Morgan fingerprint density at radius 2 is 1.83 bits per heavy atom. The van der Waals surface area contributed by atoms with Crippen LogP contribution in [0.15, 0.2) is 64.0 Å². The van der Waals surface area contributed by atoms with Gasteiger partial charge in [-0.2, -0.15) is 0 Å². The van der Waals surface area contributed by atoms with Gasteiger partial charge in [-0.15, -0.1) is 0 Å². The van der Waals surface area contributed by atoms with Gasteiger partial charge in [-0.3, -0.25) is 4.79 Å². The maximum absolute atomic E-state index is 13.1. The summed E-state index contributed by atoms with van der Waals surface area (Å²) in [5.74, 6) is -0.493. The summed E-state index contributed by atoms with van der Waals surface area (Å²) in [6, 6.07) is 16.0. The molecule has 156 valence electrons. The number of hydrogen-bond acceptors (Lipinski definition) is 4. The van der Waals surface area contributed by atoms with Crippen molar-refractivity contribution in [2.24, 2.45) is 0 Å². The van der Waals surface area contributed by atoms with E-state index in [1.807, 2.05) is 44.2 Å². The van der Waals surface area contributed by atoms with E-state index < -0.39 is 21.8 Å². The number of ether oxygens (including phenoxy) is 1. The number of nitrogens with one attached hydrogen (secondary N) is 1. The summed E-state index contributed by atoms with van der Waals surface area (Å²) in [4.78, 5) is 13.2. The van der Waals surface area contributed by atoms with E-state index in [0.717, 1.165) is 21.0 Å². The molecule has 0 saturated carbocycles. The van der Waals surface area contributed by atoms with E-state index >= 15 is 0 Å². The number of fused-ring (bicyclic) bond motifs is 2. The number of carbonyl (C=O) groups is 1. The minimum Gasteiger partial charge on any atom is -0.491 e. The van der Waals surface area contributed by atoms with Gasteiger partial charge in [-0.1, -0.05) is 52.3 Å². The number of hydrogen-bond donors (Lipinski definition) is 1. The predicted octanol–water partition coefficient (Wildman–Crippen LogP) is 4.92. The normalized spacial score (nSPS) is 15.9. The Balaban J connectivity index is 1.69. The van der Waals surface area contributed by atoms with E-state index in [1.54, 1.807) is 18.2 Å². The van der Waals surface area contributed by atoms with Crippen LogP contribution in [-0.2, 0) is 21.2 Å². The lowest BCUT2D eigenvalue weighted by atomic mass is 9.99. The Hall–Kier alpha value is -2.38. The molecule has 1 atom stereocenters. The highest BCUT2D eigenvalue weighted by molar-refractivity contribution is 9.10. The summed E-state index contributed by atoms with van der Waals surface area (Å²) >= 11 is 3.54. The molecule has 0 fully saturated rings. The Kier molecular flexibility index (Phi) is 5.59. The van der Waals surface area contributed by atoms with Crippen molar-refractivity contribution in [3.8, 4) is 5.75 Å². The standard InChI is InChI=1S/C23H22BrNO4S/c1-14(2)29-20-13-12-19(24)17-10-11-18(22(17)20)23(26)25-30(27,28)21-9-5-7-15-6-3-4-8-16(15)21/h3-9,12-14,18H,10-11H2,1-2H3,(H,25,26). The van der Waals surface area contributed by atoms with Gasteiger partial charge in [0.25, 0.3) is 10.0 Å². The molecule has 0 radical (unpaired) electrons. The van der Waals surface area contributed by atoms with Gasteiger partial charge < -0.3 is 4.74 Å². The van der Waals surface area contributed by atoms with Crippen LogP contribution in [-0.4, -0.2) is 20.4 Å². The number of amides is 1. The number of sulfonamides is 1.